The van der Waals surface area contributed by atoms with E-state index in [1.807, 2.05) is 0 Å². The first kappa shape index (κ1) is 18.0. The Labute approximate surface area is 149 Å². The molecule has 0 aliphatic rings. The van der Waals surface area contributed by atoms with Crippen molar-refractivity contribution in [1.29, 1.82) is 0 Å². The Morgan fingerprint density at radius 1 is 0.731 bits per heavy atom. The van der Waals surface area contributed by atoms with E-state index in [4.69, 9.17) is 0 Å². The molecule has 3 rings (SSSR count). The maximum Gasteiger partial charge on any atom is 0.264 e. The van der Waals surface area contributed by atoms with Crippen molar-refractivity contribution in [3.8, 4) is 0 Å². The Kier molecular flexibility index (Phi) is 4.99. The van der Waals surface area contributed by atoms with Crippen LogP contribution in [0.3, 0.4) is 0 Å². The van der Waals surface area contributed by atoms with Crippen molar-refractivity contribution < 1.29 is 21.6 Å². The van der Waals surface area contributed by atoms with Gasteiger partial charge in [0.15, 0.2) is 0 Å². The number of rotatable bonds is 5. The lowest BCUT2D eigenvalue weighted by molar-refractivity contribution is 0.585. The molecule has 3 nitrogen and oxygen atoms in total. The minimum absolute atomic E-state index is 0.180. The van der Waals surface area contributed by atoms with Gasteiger partial charge in [-0.3, -0.25) is 4.31 Å². The van der Waals surface area contributed by atoms with Gasteiger partial charge in [0, 0.05) is 0 Å². The highest BCUT2D eigenvalue weighted by molar-refractivity contribution is 7.92. The highest BCUT2D eigenvalue weighted by atomic mass is 32.2. The topological polar surface area (TPSA) is 37.4 Å². The van der Waals surface area contributed by atoms with Crippen LogP contribution in [0.4, 0.5) is 18.9 Å². The summed E-state index contributed by atoms with van der Waals surface area (Å²) >= 11 is 0. The second kappa shape index (κ2) is 7.21. The monoisotopic (exact) mass is 377 g/mol. The molecular weight excluding hydrogens is 363 g/mol. The van der Waals surface area contributed by atoms with Crippen LogP contribution in [0, 0.1) is 17.5 Å². The van der Waals surface area contributed by atoms with Gasteiger partial charge in [-0.05, 0) is 60.2 Å². The predicted octanol–water partition coefficient (Wildman–Crippen LogP) is 4.50. The minimum Gasteiger partial charge on any atom is -0.262 e. The summed E-state index contributed by atoms with van der Waals surface area (Å²) in [5.74, 6) is -1.73. The highest BCUT2D eigenvalue weighted by Gasteiger charge is 2.26. The van der Waals surface area contributed by atoms with E-state index >= 15 is 0 Å². The Morgan fingerprint density at radius 3 is 1.96 bits per heavy atom. The second-order valence-electron chi connectivity index (χ2n) is 5.58. The molecule has 7 heteroatoms. The quantitative estimate of drug-likeness (QED) is 0.657. The van der Waals surface area contributed by atoms with Crippen molar-refractivity contribution >= 4 is 15.7 Å². The van der Waals surface area contributed by atoms with E-state index in [9.17, 15) is 21.6 Å². The van der Waals surface area contributed by atoms with E-state index < -0.39 is 27.5 Å². The van der Waals surface area contributed by atoms with Crippen LogP contribution in [-0.4, -0.2) is 8.42 Å². The molecule has 0 aliphatic carbocycles. The van der Waals surface area contributed by atoms with Gasteiger partial charge in [0.25, 0.3) is 10.0 Å². The van der Waals surface area contributed by atoms with Crippen LogP contribution in [-0.2, 0) is 16.6 Å². The molecule has 3 aromatic carbocycles. The standard InChI is InChI=1S/C19H14F3NO2S/c20-15-7-9-18(10-8-15)23(13-14-3-1-4-16(21)11-14)26(24,25)19-6-2-5-17(22)12-19/h1-12H,13H2. The predicted molar refractivity (Wildman–Crippen MR) is 92.6 cm³/mol. The molecule has 26 heavy (non-hydrogen) atoms. The smallest absolute Gasteiger partial charge is 0.262 e. The van der Waals surface area contributed by atoms with Crippen molar-refractivity contribution in [2.75, 3.05) is 4.31 Å². The molecule has 0 saturated heterocycles. The first-order chi connectivity index (χ1) is 12.4. The lowest BCUT2D eigenvalue weighted by Gasteiger charge is -2.25. The second-order valence-corrected chi connectivity index (χ2v) is 7.44. The van der Waals surface area contributed by atoms with E-state index in [1.165, 1.54) is 42.5 Å². The number of benzene rings is 3. The summed E-state index contributed by atoms with van der Waals surface area (Å²) in [5, 5.41) is 0. The third kappa shape index (κ3) is 3.88. The van der Waals surface area contributed by atoms with Crippen LogP contribution in [0.1, 0.15) is 5.56 Å². The van der Waals surface area contributed by atoms with Crippen LogP contribution < -0.4 is 4.31 Å². The van der Waals surface area contributed by atoms with Gasteiger partial charge in [0.1, 0.15) is 17.5 Å². The lowest BCUT2D eigenvalue weighted by Crippen LogP contribution is -2.30. The normalized spacial score (nSPS) is 11.3. The zero-order chi connectivity index (χ0) is 18.7. The Morgan fingerprint density at radius 2 is 1.35 bits per heavy atom. The average Bonchev–Trinajstić information content (AvgIpc) is 2.60. The van der Waals surface area contributed by atoms with Crippen molar-refractivity contribution in [3.05, 3.63) is 95.8 Å². The van der Waals surface area contributed by atoms with Gasteiger partial charge in [-0.15, -0.1) is 0 Å². The number of hydrogen-bond donors (Lipinski definition) is 0. The number of halogens is 3. The van der Waals surface area contributed by atoms with Crippen molar-refractivity contribution in [3.63, 3.8) is 0 Å². The maximum absolute atomic E-state index is 13.5. The van der Waals surface area contributed by atoms with Crippen LogP contribution in [0.5, 0.6) is 0 Å². The summed E-state index contributed by atoms with van der Waals surface area (Å²) in [6, 6.07) is 14.9. The summed E-state index contributed by atoms with van der Waals surface area (Å²) in [4.78, 5) is -0.252. The first-order valence-corrected chi connectivity index (χ1v) is 9.08. The highest BCUT2D eigenvalue weighted by Crippen LogP contribution is 2.26. The van der Waals surface area contributed by atoms with Crippen molar-refractivity contribution in [2.45, 2.75) is 11.4 Å². The molecular formula is C19H14F3NO2S. The summed E-state index contributed by atoms with van der Waals surface area (Å²) < 4.78 is 67.3. The van der Waals surface area contributed by atoms with Crippen LogP contribution in [0.25, 0.3) is 0 Å². The molecule has 0 atom stereocenters. The molecule has 0 aliphatic heterocycles. The van der Waals surface area contributed by atoms with Gasteiger partial charge in [-0.2, -0.15) is 0 Å². The minimum atomic E-state index is -4.15. The molecule has 0 saturated carbocycles. The molecule has 0 fully saturated rings. The summed E-state index contributed by atoms with van der Waals surface area (Å²) in [5.41, 5.74) is 0.578. The van der Waals surface area contributed by atoms with Crippen molar-refractivity contribution in [1.82, 2.24) is 0 Å². The van der Waals surface area contributed by atoms with E-state index in [2.05, 4.69) is 0 Å². The Hall–Kier alpha value is -2.80. The van der Waals surface area contributed by atoms with Crippen LogP contribution in [0.15, 0.2) is 77.7 Å². The molecule has 0 unspecified atom stereocenters. The van der Waals surface area contributed by atoms with Gasteiger partial charge in [0.05, 0.1) is 17.1 Å². The average molecular weight is 377 g/mol. The number of hydrogen-bond acceptors (Lipinski definition) is 2. The summed E-state index contributed by atoms with van der Waals surface area (Å²) in [7, 11) is -4.15. The van der Waals surface area contributed by atoms with Crippen LogP contribution in [0.2, 0.25) is 0 Å². The number of nitrogens with zero attached hydrogens (tertiary/aromatic N) is 1. The molecule has 0 radical (unpaired) electrons. The van der Waals surface area contributed by atoms with Gasteiger partial charge in [0.2, 0.25) is 0 Å². The van der Waals surface area contributed by atoms with E-state index in [-0.39, 0.29) is 17.1 Å². The largest absolute Gasteiger partial charge is 0.264 e. The van der Waals surface area contributed by atoms with Gasteiger partial charge in [-0.25, -0.2) is 21.6 Å². The van der Waals surface area contributed by atoms with E-state index in [0.29, 0.717) is 5.56 Å². The van der Waals surface area contributed by atoms with Gasteiger partial charge < -0.3 is 0 Å². The molecule has 0 N–H and O–H groups in total. The molecule has 0 spiro atoms. The lowest BCUT2D eigenvalue weighted by atomic mass is 10.2. The molecule has 0 amide bonds. The van der Waals surface area contributed by atoms with Crippen molar-refractivity contribution in [2.24, 2.45) is 0 Å². The fraction of sp³-hybridized carbons (Fsp3) is 0.0526. The molecule has 134 valence electrons. The number of anilines is 1. The maximum atomic E-state index is 13.5. The van der Waals surface area contributed by atoms with Crippen LogP contribution >= 0.6 is 0 Å². The third-order valence-electron chi connectivity index (χ3n) is 3.71. The summed E-state index contributed by atoms with van der Waals surface area (Å²) in [6.45, 7) is -0.192. The molecule has 0 heterocycles. The van der Waals surface area contributed by atoms with Gasteiger partial charge >= 0.3 is 0 Å². The Bertz CT molecular complexity index is 1020. The molecule has 0 aromatic heterocycles. The molecule has 3 aromatic rings. The number of sulfonamides is 1. The first-order valence-electron chi connectivity index (χ1n) is 7.64. The van der Waals surface area contributed by atoms with E-state index in [1.54, 1.807) is 6.07 Å². The summed E-state index contributed by atoms with van der Waals surface area (Å²) in [6.07, 6.45) is 0. The SMILES string of the molecule is O=S(=O)(c1cccc(F)c1)N(Cc1cccc(F)c1)c1ccc(F)cc1. The third-order valence-corrected chi connectivity index (χ3v) is 5.48. The van der Waals surface area contributed by atoms with E-state index in [0.717, 1.165) is 28.6 Å². The zero-order valence-electron chi connectivity index (χ0n) is 13.4. The fourth-order valence-electron chi connectivity index (χ4n) is 2.48. The zero-order valence-corrected chi connectivity index (χ0v) is 14.3. The van der Waals surface area contributed by atoms with Gasteiger partial charge in [-0.1, -0.05) is 18.2 Å². The molecule has 0 bridgehead atoms. The fourth-order valence-corrected chi connectivity index (χ4v) is 3.96. The Balaban J connectivity index is 2.09.